The number of amides is 2. The number of nitrogens with one attached hydrogen (secondary N) is 3. The van der Waals surface area contributed by atoms with Crippen LogP contribution in [-0.4, -0.2) is 33.3 Å². The molecule has 0 saturated carbocycles. The standard InChI is InChI=1S/C12H20N4O3/c1-7(2)10(4-11(17)18)16-12(19)15-8(3)9-5-13-14-6-9/h5-8,10H,4H2,1-3H3,(H,13,14)(H,17,18)(H2,15,16,19). The lowest BCUT2D eigenvalue weighted by molar-refractivity contribution is -0.137. The molecular formula is C12H20N4O3. The molecule has 2 atom stereocenters. The van der Waals surface area contributed by atoms with Crippen LogP contribution in [0.4, 0.5) is 4.79 Å². The quantitative estimate of drug-likeness (QED) is 0.623. The first-order valence-electron chi connectivity index (χ1n) is 6.17. The summed E-state index contributed by atoms with van der Waals surface area (Å²) in [5.74, 6) is -0.882. The average molecular weight is 268 g/mol. The third-order valence-electron chi connectivity index (χ3n) is 2.88. The molecule has 4 N–H and O–H groups in total. The number of carboxylic acids is 1. The number of hydrogen-bond donors (Lipinski definition) is 4. The fraction of sp³-hybridized carbons (Fsp3) is 0.583. The van der Waals surface area contributed by atoms with Crippen molar-refractivity contribution in [3.8, 4) is 0 Å². The van der Waals surface area contributed by atoms with Gasteiger partial charge in [0.2, 0.25) is 0 Å². The van der Waals surface area contributed by atoms with Crippen LogP contribution in [0.15, 0.2) is 12.4 Å². The number of nitrogens with zero attached hydrogens (tertiary/aromatic N) is 1. The molecule has 1 aromatic heterocycles. The minimum absolute atomic E-state index is 0.0473. The van der Waals surface area contributed by atoms with Crippen LogP contribution < -0.4 is 10.6 Å². The van der Waals surface area contributed by atoms with Crippen LogP contribution >= 0.6 is 0 Å². The highest BCUT2D eigenvalue weighted by Crippen LogP contribution is 2.10. The molecule has 19 heavy (non-hydrogen) atoms. The molecule has 1 rings (SSSR count). The highest BCUT2D eigenvalue weighted by atomic mass is 16.4. The van der Waals surface area contributed by atoms with Crippen molar-refractivity contribution in [1.29, 1.82) is 0 Å². The Hall–Kier alpha value is -2.05. The van der Waals surface area contributed by atoms with Crippen molar-refractivity contribution in [3.63, 3.8) is 0 Å². The van der Waals surface area contributed by atoms with Crippen molar-refractivity contribution < 1.29 is 14.7 Å². The van der Waals surface area contributed by atoms with Gasteiger partial charge >= 0.3 is 12.0 Å². The Morgan fingerprint density at radius 1 is 1.37 bits per heavy atom. The highest BCUT2D eigenvalue weighted by Gasteiger charge is 2.20. The molecule has 0 aliphatic carbocycles. The molecule has 0 aliphatic rings. The number of carboxylic acid groups (broad SMARTS) is 1. The monoisotopic (exact) mass is 268 g/mol. The molecule has 1 heterocycles. The molecule has 0 radical (unpaired) electrons. The van der Waals surface area contributed by atoms with E-state index in [1.165, 1.54) is 0 Å². The van der Waals surface area contributed by atoms with Gasteiger partial charge in [0, 0.05) is 17.8 Å². The Balaban J connectivity index is 2.50. The number of H-pyrrole nitrogens is 1. The number of aromatic amines is 1. The average Bonchev–Trinajstić information content (AvgIpc) is 2.80. The van der Waals surface area contributed by atoms with Gasteiger partial charge in [-0.25, -0.2) is 4.79 Å². The van der Waals surface area contributed by atoms with Gasteiger partial charge in [-0.1, -0.05) is 13.8 Å². The van der Waals surface area contributed by atoms with Crippen molar-refractivity contribution in [3.05, 3.63) is 18.0 Å². The third-order valence-corrected chi connectivity index (χ3v) is 2.88. The van der Waals surface area contributed by atoms with Gasteiger partial charge < -0.3 is 15.7 Å². The molecule has 106 valence electrons. The van der Waals surface area contributed by atoms with Gasteiger partial charge in [0.1, 0.15) is 0 Å². The van der Waals surface area contributed by atoms with E-state index in [2.05, 4.69) is 20.8 Å². The topological polar surface area (TPSA) is 107 Å². The maximum atomic E-state index is 11.8. The fourth-order valence-corrected chi connectivity index (χ4v) is 1.63. The van der Waals surface area contributed by atoms with Crippen LogP contribution in [0.3, 0.4) is 0 Å². The zero-order chi connectivity index (χ0) is 14.4. The summed E-state index contributed by atoms with van der Waals surface area (Å²) < 4.78 is 0. The predicted molar refractivity (Wildman–Crippen MR) is 69.5 cm³/mol. The number of carbonyl (C=O) groups is 2. The summed E-state index contributed by atoms with van der Waals surface area (Å²) >= 11 is 0. The predicted octanol–water partition coefficient (Wildman–Crippen LogP) is 1.27. The molecule has 2 unspecified atom stereocenters. The lowest BCUT2D eigenvalue weighted by Crippen LogP contribution is -2.46. The lowest BCUT2D eigenvalue weighted by atomic mass is 10.0. The Morgan fingerprint density at radius 3 is 2.53 bits per heavy atom. The number of urea groups is 1. The largest absolute Gasteiger partial charge is 0.481 e. The van der Waals surface area contributed by atoms with E-state index in [0.717, 1.165) is 5.56 Å². The van der Waals surface area contributed by atoms with E-state index in [-0.39, 0.29) is 24.4 Å². The molecule has 0 aliphatic heterocycles. The van der Waals surface area contributed by atoms with Crippen molar-refractivity contribution in [2.45, 2.75) is 39.3 Å². The molecule has 1 aromatic rings. The van der Waals surface area contributed by atoms with Crippen LogP contribution in [0.2, 0.25) is 0 Å². The Labute approximate surface area is 111 Å². The zero-order valence-electron chi connectivity index (χ0n) is 11.3. The third kappa shape index (κ3) is 4.99. The minimum Gasteiger partial charge on any atom is -0.481 e. The second-order valence-corrected chi connectivity index (χ2v) is 4.82. The number of aliphatic carboxylic acids is 1. The molecule has 0 saturated heterocycles. The molecule has 2 amide bonds. The van der Waals surface area contributed by atoms with E-state index in [9.17, 15) is 9.59 Å². The second kappa shape index (κ2) is 6.77. The van der Waals surface area contributed by atoms with E-state index in [1.807, 2.05) is 20.8 Å². The molecular weight excluding hydrogens is 248 g/mol. The summed E-state index contributed by atoms with van der Waals surface area (Å²) in [5.41, 5.74) is 0.856. The van der Waals surface area contributed by atoms with E-state index in [4.69, 9.17) is 5.11 Å². The van der Waals surface area contributed by atoms with Crippen molar-refractivity contribution in [2.75, 3.05) is 0 Å². The van der Waals surface area contributed by atoms with Crippen LogP contribution in [0.5, 0.6) is 0 Å². The molecule has 7 nitrogen and oxygen atoms in total. The summed E-state index contributed by atoms with van der Waals surface area (Å²) in [7, 11) is 0. The molecule has 0 bridgehead atoms. The number of carbonyl (C=O) groups excluding carboxylic acids is 1. The van der Waals surface area contributed by atoms with Gasteiger partial charge in [-0.15, -0.1) is 0 Å². The van der Waals surface area contributed by atoms with Crippen LogP contribution in [0, 0.1) is 5.92 Å². The van der Waals surface area contributed by atoms with Gasteiger partial charge in [0.25, 0.3) is 0 Å². The number of rotatable bonds is 6. The summed E-state index contributed by atoms with van der Waals surface area (Å²) in [6.07, 6.45) is 3.23. The second-order valence-electron chi connectivity index (χ2n) is 4.82. The Bertz CT molecular complexity index is 417. The highest BCUT2D eigenvalue weighted by molar-refractivity contribution is 5.76. The SMILES string of the molecule is CC(NC(=O)NC(CC(=O)O)C(C)C)c1cn[nH]c1. The first-order valence-corrected chi connectivity index (χ1v) is 6.17. The maximum absolute atomic E-state index is 11.8. The van der Waals surface area contributed by atoms with Crippen LogP contribution in [0.25, 0.3) is 0 Å². The Morgan fingerprint density at radius 2 is 2.05 bits per heavy atom. The van der Waals surface area contributed by atoms with Gasteiger partial charge in [-0.2, -0.15) is 5.10 Å². The summed E-state index contributed by atoms with van der Waals surface area (Å²) in [6, 6.07) is -0.973. The van der Waals surface area contributed by atoms with Crippen molar-refractivity contribution in [2.24, 2.45) is 5.92 Å². The summed E-state index contributed by atoms with van der Waals surface area (Å²) in [4.78, 5) is 22.5. The van der Waals surface area contributed by atoms with Gasteiger partial charge in [-0.05, 0) is 12.8 Å². The van der Waals surface area contributed by atoms with E-state index in [1.54, 1.807) is 12.4 Å². The van der Waals surface area contributed by atoms with Gasteiger partial charge in [-0.3, -0.25) is 9.89 Å². The van der Waals surface area contributed by atoms with Crippen molar-refractivity contribution in [1.82, 2.24) is 20.8 Å². The lowest BCUT2D eigenvalue weighted by Gasteiger charge is -2.22. The van der Waals surface area contributed by atoms with E-state index in [0.29, 0.717) is 0 Å². The number of hydrogen-bond acceptors (Lipinski definition) is 3. The molecule has 0 aromatic carbocycles. The number of aromatic nitrogens is 2. The Kier molecular flexibility index (Phi) is 5.35. The van der Waals surface area contributed by atoms with Gasteiger partial charge in [0.15, 0.2) is 0 Å². The van der Waals surface area contributed by atoms with Crippen molar-refractivity contribution >= 4 is 12.0 Å². The molecule has 0 spiro atoms. The summed E-state index contributed by atoms with van der Waals surface area (Å²) in [5, 5.41) is 20.7. The first-order chi connectivity index (χ1) is 8.90. The normalized spacial score (nSPS) is 13.9. The molecule has 0 fully saturated rings. The van der Waals surface area contributed by atoms with Gasteiger partial charge in [0.05, 0.1) is 18.7 Å². The van der Waals surface area contributed by atoms with Crippen LogP contribution in [-0.2, 0) is 4.79 Å². The van der Waals surface area contributed by atoms with Crippen LogP contribution in [0.1, 0.15) is 38.8 Å². The summed E-state index contributed by atoms with van der Waals surface area (Å²) in [6.45, 7) is 5.56. The maximum Gasteiger partial charge on any atom is 0.315 e. The van der Waals surface area contributed by atoms with E-state index >= 15 is 0 Å². The fourth-order valence-electron chi connectivity index (χ4n) is 1.63. The van der Waals surface area contributed by atoms with E-state index < -0.39 is 12.0 Å². The first kappa shape index (κ1) is 15.0. The smallest absolute Gasteiger partial charge is 0.315 e. The molecule has 7 heteroatoms. The minimum atomic E-state index is -0.929. The zero-order valence-corrected chi connectivity index (χ0v) is 11.3.